The summed E-state index contributed by atoms with van der Waals surface area (Å²) >= 11 is 0. The zero-order chi connectivity index (χ0) is 19.0. The highest BCUT2D eigenvalue weighted by Gasteiger charge is 2.33. The molecule has 1 aliphatic heterocycles. The van der Waals surface area contributed by atoms with Crippen LogP contribution in [0.2, 0.25) is 0 Å². The van der Waals surface area contributed by atoms with Gasteiger partial charge in [-0.05, 0) is 17.7 Å². The molecule has 2 aromatic carbocycles. The van der Waals surface area contributed by atoms with E-state index in [1.54, 1.807) is 6.08 Å². The minimum atomic E-state index is -0.714. The van der Waals surface area contributed by atoms with Crippen LogP contribution in [0.4, 0.5) is 4.79 Å². The number of nitrogens with zero attached hydrogens (tertiary/aromatic N) is 2. The van der Waals surface area contributed by atoms with Crippen molar-refractivity contribution in [3.05, 3.63) is 77.5 Å². The van der Waals surface area contributed by atoms with Crippen molar-refractivity contribution in [2.24, 2.45) is 0 Å². The summed E-state index contributed by atoms with van der Waals surface area (Å²) in [7, 11) is 1.34. The summed E-state index contributed by atoms with van der Waals surface area (Å²) in [4.78, 5) is 37.0. The number of para-hydroxylation sites is 1. The summed E-state index contributed by atoms with van der Waals surface area (Å²) in [6.45, 7) is 0.670. The molecule has 0 radical (unpaired) electrons. The summed E-state index contributed by atoms with van der Waals surface area (Å²) in [6, 6.07) is 17.1. The number of benzene rings is 2. The van der Waals surface area contributed by atoms with Gasteiger partial charge in [0.05, 0.1) is 0 Å². The van der Waals surface area contributed by atoms with Crippen LogP contribution in [0.25, 0.3) is 17.0 Å². The maximum absolute atomic E-state index is 12.4. The number of rotatable bonds is 3. The van der Waals surface area contributed by atoms with E-state index in [9.17, 15) is 14.4 Å². The van der Waals surface area contributed by atoms with E-state index in [0.29, 0.717) is 6.54 Å². The van der Waals surface area contributed by atoms with Crippen LogP contribution in [0.15, 0.2) is 66.4 Å². The van der Waals surface area contributed by atoms with Gasteiger partial charge in [0.2, 0.25) is 0 Å². The molecular formula is C21H17N3O3. The van der Waals surface area contributed by atoms with Crippen LogP contribution >= 0.6 is 0 Å². The number of amides is 4. The van der Waals surface area contributed by atoms with Gasteiger partial charge in [-0.1, -0.05) is 48.5 Å². The molecule has 4 rings (SSSR count). The lowest BCUT2D eigenvalue weighted by atomic mass is 10.1. The molecule has 0 spiro atoms. The average molecular weight is 359 g/mol. The fraction of sp³-hybridized carbons (Fsp3) is 0.0952. The molecule has 0 bridgehead atoms. The Morgan fingerprint density at radius 3 is 2.44 bits per heavy atom. The van der Waals surface area contributed by atoms with Gasteiger partial charge in [-0.25, -0.2) is 4.79 Å². The zero-order valence-electron chi connectivity index (χ0n) is 14.7. The van der Waals surface area contributed by atoms with Gasteiger partial charge in [-0.15, -0.1) is 0 Å². The van der Waals surface area contributed by atoms with E-state index in [2.05, 4.69) is 9.88 Å². The van der Waals surface area contributed by atoms with Gasteiger partial charge in [-0.3, -0.25) is 19.8 Å². The number of urea groups is 1. The molecule has 2 heterocycles. The molecule has 1 saturated heterocycles. The van der Waals surface area contributed by atoms with Gasteiger partial charge in [0.25, 0.3) is 11.8 Å². The van der Waals surface area contributed by atoms with Crippen molar-refractivity contribution in [1.29, 1.82) is 0 Å². The molecule has 27 heavy (non-hydrogen) atoms. The van der Waals surface area contributed by atoms with Crippen molar-refractivity contribution in [3.8, 4) is 0 Å². The molecular weight excluding hydrogens is 342 g/mol. The average Bonchev–Trinajstić information content (AvgIpc) is 3.02. The molecule has 1 N–H and O–H groups in total. The Bertz CT molecular complexity index is 1100. The van der Waals surface area contributed by atoms with Crippen LogP contribution < -0.4 is 5.32 Å². The van der Waals surface area contributed by atoms with E-state index in [1.807, 2.05) is 60.8 Å². The third kappa shape index (κ3) is 3.01. The number of hydrogen-bond acceptors (Lipinski definition) is 3. The molecule has 6 heteroatoms. The second kappa shape index (κ2) is 6.57. The molecule has 6 nitrogen and oxygen atoms in total. The van der Waals surface area contributed by atoms with Gasteiger partial charge in [-0.2, -0.15) is 0 Å². The number of carbonyl (C=O) groups is 3. The quantitative estimate of drug-likeness (QED) is 0.577. The first-order valence-corrected chi connectivity index (χ1v) is 8.51. The molecule has 1 aliphatic rings. The third-order valence-corrected chi connectivity index (χ3v) is 4.62. The zero-order valence-corrected chi connectivity index (χ0v) is 14.7. The molecule has 4 amide bonds. The number of hydrogen-bond donors (Lipinski definition) is 1. The second-order valence-electron chi connectivity index (χ2n) is 6.40. The van der Waals surface area contributed by atoms with Crippen molar-refractivity contribution in [1.82, 2.24) is 14.8 Å². The molecule has 134 valence electrons. The van der Waals surface area contributed by atoms with Gasteiger partial charge >= 0.3 is 6.03 Å². The summed E-state index contributed by atoms with van der Waals surface area (Å²) in [5.74, 6) is -1.29. The maximum Gasteiger partial charge on any atom is 0.331 e. The number of nitrogens with one attached hydrogen (secondary N) is 1. The lowest BCUT2D eigenvalue weighted by Gasteiger charge is -2.22. The predicted molar refractivity (Wildman–Crippen MR) is 102 cm³/mol. The highest BCUT2D eigenvalue weighted by Crippen LogP contribution is 2.25. The molecule has 1 fully saturated rings. The van der Waals surface area contributed by atoms with Gasteiger partial charge in [0, 0.05) is 36.3 Å². The maximum atomic E-state index is 12.4. The molecule has 3 aromatic rings. The van der Waals surface area contributed by atoms with E-state index in [-0.39, 0.29) is 5.57 Å². The molecule has 1 aromatic heterocycles. The Morgan fingerprint density at radius 2 is 1.67 bits per heavy atom. The summed E-state index contributed by atoms with van der Waals surface area (Å²) < 4.78 is 2.08. The van der Waals surface area contributed by atoms with Crippen molar-refractivity contribution < 1.29 is 14.4 Å². The van der Waals surface area contributed by atoms with Crippen LogP contribution in [0, 0.1) is 0 Å². The minimum absolute atomic E-state index is 0.0558. The van der Waals surface area contributed by atoms with E-state index in [4.69, 9.17) is 0 Å². The molecule has 0 saturated carbocycles. The number of fused-ring (bicyclic) bond motifs is 1. The van der Waals surface area contributed by atoms with Crippen molar-refractivity contribution in [2.75, 3.05) is 7.05 Å². The molecule has 0 aliphatic carbocycles. The lowest BCUT2D eigenvalue weighted by molar-refractivity contribution is -0.129. The summed E-state index contributed by atoms with van der Waals surface area (Å²) in [6.07, 6.45) is 3.46. The standard InChI is InChI=1S/C21H17N3O3/c1-23-20(26)17(19(25)22-21(23)27)11-15-13-24(12-14-7-3-2-4-8-14)18-10-6-5-9-16(15)18/h2-11,13H,12H2,1H3,(H,22,25,27)/b17-11+. The fourth-order valence-corrected chi connectivity index (χ4v) is 3.20. The van der Waals surface area contributed by atoms with E-state index < -0.39 is 17.8 Å². The number of likely N-dealkylation sites (N-methyl/N-ethyl adjacent to an activating group) is 1. The minimum Gasteiger partial charge on any atom is -0.342 e. The topological polar surface area (TPSA) is 71.4 Å². The number of imide groups is 2. The monoisotopic (exact) mass is 359 g/mol. The first-order valence-electron chi connectivity index (χ1n) is 8.51. The van der Waals surface area contributed by atoms with Crippen molar-refractivity contribution >= 4 is 34.8 Å². The largest absolute Gasteiger partial charge is 0.342 e. The van der Waals surface area contributed by atoms with Crippen LogP contribution in [0.5, 0.6) is 0 Å². The lowest BCUT2D eigenvalue weighted by Crippen LogP contribution is -2.52. The van der Waals surface area contributed by atoms with Crippen LogP contribution in [-0.4, -0.2) is 34.4 Å². The van der Waals surface area contributed by atoms with Crippen LogP contribution in [-0.2, 0) is 16.1 Å². The Labute approximate surface area is 155 Å². The highest BCUT2D eigenvalue weighted by molar-refractivity contribution is 6.31. The fourth-order valence-electron chi connectivity index (χ4n) is 3.20. The number of carbonyl (C=O) groups excluding carboxylic acids is 3. The van der Waals surface area contributed by atoms with Crippen LogP contribution in [0.3, 0.4) is 0 Å². The first kappa shape index (κ1) is 16.8. The predicted octanol–water partition coefficient (Wildman–Crippen LogP) is 2.78. The van der Waals surface area contributed by atoms with Crippen molar-refractivity contribution in [2.45, 2.75) is 6.54 Å². The Hall–Kier alpha value is -3.67. The SMILES string of the molecule is CN1C(=O)NC(=O)/C(=C\c2cn(Cc3ccccc3)c3ccccc23)C1=O. The van der Waals surface area contributed by atoms with Crippen molar-refractivity contribution in [3.63, 3.8) is 0 Å². The van der Waals surface area contributed by atoms with Gasteiger partial charge in [0.1, 0.15) is 5.57 Å². The van der Waals surface area contributed by atoms with Gasteiger partial charge in [0.15, 0.2) is 0 Å². The van der Waals surface area contributed by atoms with E-state index >= 15 is 0 Å². The second-order valence-corrected chi connectivity index (χ2v) is 6.40. The summed E-state index contributed by atoms with van der Waals surface area (Å²) in [5, 5.41) is 3.11. The molecule has 0 unspecified atom stereocenters. The first-order chi connectivity index (χ1) is 13.0. The third-order valence-electron chi connectivity index (χ3n) is 4.62. The Morgan fingerprint density at radius 1 is 0.963 bits per heavy atom. The summed E-state index contributed by atoms with van der Waals surface area (Å²) in [5.41, 5.74) is 2.85. The van der Waals surface area contributed by atoms with Crippen LogP contribution in [0.1, 0.15) is 11.1 Å². The smallest absolute Gasteiger partial charge is 0.331 e. The number of barbiturate groups is 1. The number of aromatic nitrogens is 1. The van der Waals surface area contributed by atoms with E-state index in [1.165, 1.54) is 7.05 Å². The van der Waals surface area contributed by atoms with E-state index in [0.717, 1.165) is 26.9 Å². The molecule has 0 atom stereocenters. The highest BCUT2D eigenvalue weighted by atomic mass is 16.2. The normalized spacial score (nSPS) is 16.3. The Kier molecular flexibility index (Phi) is 4.08. The van der Waals surface area contributed by atoms with Gasteiger partial charge < -0.3 is 4.57 Å². The Balaban J connectivity index is 1.80.